The number of fused-ring (bicyclic) bond motifs is 1. The molecule has 0 fully saturated rings. The Labute approximate surface area is 143 Å². The predicted molar refractivity (Wildman–Crippen MR) is 89.1 cm³/mol. The van der Waals surface area contributed by atoms with Crippen molar-refractivity contribution in [1.29, 1.82) is 0 Å². The molecule has 0 bridgehead atoms. The Morgan fingerprint density at radius 1 is 1.26 bits per heavy atom. The molecule has 0 aliphatic carbocycles. The van der Waals surface area contributed by atoms with E-state index in [1.165, 1.54) is 0 Å². The second kappa shape index (κ2) is 6.80. The number of nitrogens with one attached hydrogen (secondary N) is 1. The number of hydrogen-bond acceptors (Lipinski definition) is 4. The summed E-state index contributed by atoms with van der Waals surface area (Å²) in [5.41, 5.74) is 2.44. The zero-order chi connectivity index (χ0) is 16.4. The third-order valence-electron chi connectivity index (χ3n) is 3.43. The van der Waals surface area contributed by atoms with Gasteiger partial charge in [-0.2, -0.15) is 0 Å². The summed E-state index contributed by atoms with van der Waals surface area (Å²) < 4.78 is 10.2. The van der Waals surface area contributed by atoms with Crippen LogP contribution in [0.3, 0.4) is 0 Å². The highest BCUT2D eigenvalue weighted by atomic mass is 35.5. The molecule has 118 valence electrons. The molecule has 2 N–H and O–H groups in total. The summed E-state index contributed by atoms with van der Waals surface area (Å²) >= 11 is 12.0. The van der Waals surface area contributed by atoms with Crippen molar-refractivity contribution in [2.45, 2.75) is 13.2 Å². The number of hydrogen-bond donors (Lipinski definition) is 2. The molecule has 0 spiro atoms. The molecule has 0 radical (unpaired) electrons. The van der Waals surface area contributed by atoms with Gasteiger partial charge >= 0.3 is 13.2 Å². The fourth-order valence-electron chi connectivity index (χ4n) is 2.25. The van der Waals surface area contributed by atoms with Crippen LogP contribution in [0.4, 0.5) is 10.5 Å². The monoisotopic (exact) mass is 351 g/mol. The van der Waals surface area contributed by atoms with E-state index in [-0.39, 0.29) is 18.2 Å². The summed E-state index contributed by atoms with van der Waals surface area (Å²) in [6.45, 7) is 0.398. The SMILES string of the molecule is O=C(Nc1ccc2c(c1Cl)B(O)OC2)OCc1ccc(Cl)cc1. The smallest absolute Gasteiger partial charge is 0.444 e. The second-order valence-corrected chi connectivity index (χ2v) is 5.81. The lowest BCUT2D eigenvalue weighted by atomic mass is 9.79. The molecule has 3 rings (SSSR count). The van der Waals surface area contributed by atoms with Gasteiger partial charge in [0.2, 0.25) is 0 Å². The van der Waals surface area contributed by atoms with Gasteiger partial charge in [0.25, 0.3) is 0 Å². The Morgan fingerprint density at radius 2 is 2.00 bits per heavy atom. The lowest BCUT2D eigenvalue weighted by Gasteiger charge is -2.11. The largest absolute Gasteiger partial charge is 0.493 e. The van der Waals surface area contributed by atoms with Crippen molar-refractivity contribution in [1.82, 2.24) is 0 Å². The molecular weight excluding hydrogens is 340 g/mol. The van der Waals surface area contributed by atoms with E-state index in [1.807, 2.05) is 0 Å². The van der Waals surface area contributed by atoms with Crippen LogP contribution in [-0.4, -0.2) is 18.2 Å². The molecular formula is C15H12BCl2NO4. The first-order chi connectivity index (χ1) is 11.0. The quantitative estimate of drug-likeness (QED) is 0.834. The zero-order valence-corrected chi connectivity index (χ0v) is 13.4. The van der Waals surface area contributed by atoms with Crippen molar-refractivity contribution in [3.63, 3.8) is 0 Å². The van der Waals surface area contributed by atoms with Gasteiger partial charge in [0.1, 0.15) is 6.61 Å². The average molecular weight is 352 g/mol. The molecule has 1 heterocycles. The van der Waals surface area contributed by atoms with E-state index >= 15 is 0 Å². The summed E-state index contributed by atoms with van der Waals surface area (Å²) in [7, 11) is -1.08. The van der Waals surface area contributed by atoms with Crippen LogP contribution in [0.25, 0.3) is 0 Å². The van der Waals surface area contributed by atoms with Crippen LogP contribution in [0.1, 0.15) is 11.1 Å². The molecule has 2 aromatic carbocycles. The molecule has 2 aromatic rings. The number of ether oxygens (including phenoxy) is 1. The summed E-state index contributed by atoms with van der Waals surface area (Å²) in [5.74, 6) is 0. The van der Waals surface area contributed by atoms with Crippen LogP contribution < -0.4 is 10.8 Å². The highest BCUT2D eigenvalue weighted by Gasteiger charge is 2.31. The number of carbonyl (C=O) groups is 1. The van der Waals surface area contributed by atoms with Gasteiger partial charge in [-0.25, -0.2) is 4.79 Å². The third kappa shape index (κ3) is 3.62. The number of benzene rings is 2. The first-order valence-electron chi connectivity index (χ1n) is 6.84. The van der Waals surface area contributed by atoms with E-state index in [2.05, 4.69) is 5.32 Å². The summed E-state index contributed by atoms with van der Waals surface area (Å²) in [4.78, 5) is 11.9. The zero-order valence-electron chi connectivity index (χ0n) is 11.9. The van der Waals surface area contributed by atoms with Crippen LogP contribution in [0, 0.1) is 0 Å². The van der Waals surface area contributed by atoms with Crippen LogP contribution in [-0.2, 0) is 22.6 Å². The topological polar surface area (TPSA) is 67.8 Å². The Kier molecular flexibility index (Phi) is 4.78. The number of amides is 1. The van der Waals surface area contributed by atoms with Gasteiger partial charge in [-0.1, -0.05) is 41.4 Å². The van der Waals surface area contributed by atoms with Gasteiger partial charge < -0.3 is 14.4 Å². The van der Waals surface area contributed by atoms with Gasteiger partial charge in [0, 0.05) is 10.5 Å². The maximum atomic E-state index is 11.9. The van der Waals surface area contributed by atoms with Crippen molar-refractivity contribution < 1.29 is 19.2 Å². The maximum Gasteiger partial charge on any atom is 0.493 e. The van der Waals surface area contributed by atoms with E-state index in [9.17, 15) is 9.82 Å². The minimum Gasteiger partial charge on any atom is -0.444 e. The number of rotatable bonds is 3. The number of halogens is 2. The normalized spacial score (nSPS) is 12.9. The minimum absolute atomic E-state index is 0.108. The number of anilines is 1. The van der Waals surface area contributed by atoms with Crippen molar-refractivity contribution in [2.75, 3.05) is 5.32 Å². The van der Waals surface area contributed by atoms with E-state index < -0.39 is 13.2 Å². The van der Waals surface area contributed by atoms with Gasteiger partial charge in [0.05, 0.1) is 17.3 Å². The predicted octanol–water partition coefficient (Wildman–Crippen LogP) is 2.96. The fraction of sp³-hybridized carbons (Fsp3) is 0.133. The van der Waals surface area contributed by atoms with Crippen LogP contribution >= 0.6 is 23.2 Å². The Hall–Kier alpha value is -1.73. The van der Waals surface area contributed by atoms with Gasteiger partial charge in [0.15, 0.2) is 0 Å². The maximum absolute atomic E-state index is 11.9. The third-order valence-corrected chi connectivity index (χ3v) is 4.09. The molecule has 5 nitrogen and oxygen atoms in total. The van der Waals surface area contributed by atoms with Gasteiger partial charge in [-0.05, 0) is 29.3 Å². The number of carbonyl (C=O) groups excluding carboxylic acids is 1. The van der Waals surface area contributed by atoms with Gasteiger partial charge in [-0.3, -0.25) is 5.32 Å². The molecule has 0 saturated heterocycles. The second-order valence-electron chi connectivity index (χ2n) is 4.99. The van der Waals surface area contributed by atoms with Crippen LogP contribution in [0.15, 0.2) is 36.4 Å². The van der Waals surface area contributed by atoms with Crippen LogP contribution in [0.2, 0.25) is 10.0 Å². The molecule has 1 aliphatic heterocycles. The highest BCUT2D eigenvalue weighted by Crippen LogP contribution is 2.25. The standard InChI is InChI=1S/C15H12BCl2NO4/c17-11-4-1-9(2-5-11)7-22-15(20)19-12-6-3-10-8-23-16(21)13(10)14(12)18/h1-6,21H,7-8H2,(H,19,20). The van der Waals surface area contributed by atoms with E-state index in [1.54, 1.807) is 36.4 Å². The molecule has 0 saturated carbocycles. The fourth-order valence-corrected chi connectivity index (χ4v) is 2.70. The first-order valence-corrected chi connectivity index (χ1v) is 7.59. The molecule has 23 heavy (non-hydrogen) atoms. The summed E-state index contributed by atoms with van der Waals surface area (Å²) in [6, 6.07) is 10.4. The lowest BCUT2D eigenvalue weighted by molar-refractivity contribution is 0.155. The summed E-state index contributed by atoms with van der Waals surface area (Å²) in [5, 5.41) is 13.2. The van der Waals surface area contributed by atoms with Crippen molar-refractivity contribution in [2.24, 2.45) is 0 Å². The molecule has 0 aromatic heterocycles. The van der Waals surface area contributed by atoms with Crippen molar-refractivity contribution in [3.8, 4) is 0 Å². The Balaban J connectivity index is 1.64. The Morgan fingerprint density at radius 3 is 2.74 bits per heavy atom. The molecule has 0 atom stereocenters. The molecule has 0 unspecified atom stereocenters. The minimum atomic E-state index is -1.08. The van der Waals surface area contributed by atoms with Crippen LogP contribution in [0.5, 0.6) is 0 Å². The molecule has 1 amide bonds. The van der Waals surface area contributed by atoms with E-state index in [4.69, 9.17) is 32.6 Å². The van der Waals surface area contributed by atoms with E-state index in [0.717, 1.165) is 11.1 Å². The van der Waals surface area contributed by atoms with Crippen molar-refractivity contribution in [3.05, 3.63) is 57.6 Å². The molecule has 1 aliphatic rings. The average Bonchev–Trinajstić information content (AvgIpc) is 2.91. The van der Waals surface area contributed by atoms with Gasteiger partial charge in [-0.15, -0.1) is 0 Å². The Bertz CT molecular complexity index is 739. The molecule has 8 heteroatoms. The lowest BCUT2D eigenvalue weighted by Crippen LogP contribution is -2.30. The highest BCUT2D eigenvalue weighted by molar-refractivity contribution is 6.66. The van der Waals surface area contributed by atoms with Crippen molar-refractivity contribution >= 4 is 47.6 Å². The van der Waals surface area contributed by atoms with E-state index in [0.29, 0.717) is 16.2 Å². The summed E-state index contributed by atoms with van der Waals surface area (Å²) in [6.07, 6.45) is -0.643. The first kappa shape index (κ1) is 16.1.